The van der Waals surface area contributed by atoms with Gasteiger partial charge in [-0.1, -0.05) is 13.8 Å². The third-order valence-corrected chi connectivity index (χ3v) is 3.22. The molecule has 1 heterocycles. The lowest BCUT2D eigenvalue weighted by molar-refractivity contribution is -0.138. The van der Waals surface area contributed by atoms with Gasteiger partial charge in [-0.2, -0.15) is 5.26 Å². The van der Waals surface area contributed by atoms with Crippen LogP contribution in [0.15, 0.2) is 0 Å². The molecule has 1 unspecified atom stereocenters. The van der Waals surface area contributed by atoms with Crippen LogP contribution in [0.4, 0.5) is 0 Å². The molecule has 0 bridgehead atoms. The number of aliphatic hydroxyl groups is 1. The van der Waals surface area contributed by atoms with E-state index in [0.717, 1.165) is 0 Å². The summed E-state index contributed by atoms with van der Waals surface area (Å²) < 4.78 is 0. The SMILES string of the molecule is CC(C)C(C#N)C(=O)N1CCC(C)(O)CC1. The quantitative estimate of drug-likeness (QED) is 0.765. The van der Waals surface area contributed by atoms with Gasteiger partial charge in [0.2, 0.25) is 5.91 Å². The summed E-state index contributed by atoms with van der Waals surface area (Å²) in [5.41, 5.74) is -0.656. The molecule has 1 fully saturated rings. The molecule has 1 rings (SSSR count). The second-order valence-corrected chi connectivity index (χ2v) is 5.17. The summed E-state index contributed by atoms with van der Waals surface area (Å²) >= 11 is 0. The van der Waals surface area contributed by atoms with E-state index in [1.165, 1.54) is 0 Å². The molecule has 1 N–H and O–H groups in total. The van der Waals surface area contributed by atoms with Crippen LogP contribution in [0.25, 0.3) is 0 Å². The smallest absolute Gasteiger partial charge is 0.240 e. The predicted octanol–water partition coefficient (Wildman–Crippen LogP) is 1.16. The summed E-state index contributed by atoms with van der Waals surface area (Å²) in [6, 6.07) is 2.07. The number of hydrogen-bond donors (Lipinski definition) is 1. The monoisotopic (exact) mass is 224 g/mol. The number of nitriles is 1. The molecule has 4 nitrogen and oxygen atoms in total. The topological polar surface area (TPSA) is 64.3 Å². The van der Waals surface area contributed by atoms with Gasteiger partial charge >= 0.3 is 0 Å². The number of piperidine rings is 1. The van der Waals surface area contributed by atoms with Crippen LogP contribution >= 0.6 is 0 Å². The average molecular weight is 224 g/mol. The van der Waals surface area contributed by atoms with E-state index in [1.807, 2.05) is 13.8 Å². The van der Waals surface area contributed by atoms with E-state index in [2.05, 4.69) is 6.07 Å². The molecule has 0 aromatic carbocycles. The minimum atomic E-state index is -0.656. The van der Waals surface area contributed by atoms with E-state index in [0.29, 0.717) is 25.9 Å². The van der Waals surface area contributed by atoms with E-state index in [4.69, 9.17) is 5.26 Å². The van der Waals surface area contributed by atoms with Gasteiger partial charge in [0.25, 0.3) is 0 Å². The van der Waals surface area contributed by atoms with Crippen molar-refractivity contribution in [2.45, 2.75) is 39.2 Å². The van der Waals surface area contributed by atoms with Crippen LogP contribution in [0.3, 0.4) is 0 Å². The van der Waals surface area contributed by atoms with Crippen molar-refractivity contribution in [3.63, 3.8) is 0 Å². The number of amides is 1. The molecule has 1 aliphatic heterocycles. The van der Waals surface area contributed by atoms with Crippen molar-refractivity contribution in [1.29, 1.82) is 5.26 Å². The maximum atomic E-state index is 12.0. The highest BCUT2D eigenvalue weighted by atomic mass is 16.3. The minimum absolute atomic E-state index is 0.0416. The lowest BCUT2D eigenvalue weighted by Gasteiger charge is -2.36. The van der Waals surface area contributed by atoms with Crippen molar-refractivity contribution in [1.82, 2.24) is 4.90 Å². The second-order valence-electron chi connectivity index (χ2n) is 5.17. The molecule has 0 aromatic heterocycles. The maximum absolute atomic E-state index is 12.0. The largest absolute Gasteiger partial charge is 0.390 e. The molecule has 90 valence electrons. The Morgan fingerprint density at radius 2 is 1.94 bits per heavy atom. The summed E-state index contributed by atoms with van der Waals surface area (Å²) in [6.07, 6.45) is 1.18. The number of hydrogen-bond acceptors (Lipinski definition) is 3. The van der Waals surface area contributed by atoms with Gasteiger partial charge in [0.15, 0.2) is 0 Å². The van der Waals surface area contributed by atoms with Gasteiger partial charge in [-0.25, -0.2) is 0 Å². The number of nitrogens with zero attached hydrogens (tertiary/aromatic N) is 2. The van der Waals surface area contributed by atoms with E-state index in [1.54, 1.807) is 11.8 Å². The van der Waals surface area contributed by atoms with Crippen molar-refractivity contribution in [2.24, 2.45) is 11.8 Å². The highest BCUT2D eigenvalue weighted by molar-refractivity contribution is 5.81. The third-order valence-electron chi connectivity index (χ3n) is 3.22. The first-order valence-electron chi connectivity index (χ1n) is 5.78. The van der Waals surface area contributed by atoms with Crippen LogP contribution in [-0.2, 0) is 4.79 Å². The number of rotatable bonds is 2. The number of carbonyl (C=O) groups excluding carboxylic acids is 1. The van der Waals surface area contributed by atoms with Crippen molar-refractivity contribution >= 4 is 5.91 Å². The molecule has 0 saturated carbocycles. The van der Waals surface area contributed by atoms with Gasteiger partial charge in [0.1, 0.15) is 5.92 Å². The van der Waals surface area contributed by atoms with Crippen molar-refractivity contribution in [3.8, 4) is 6.07 Å². The van der Waals surface area contributed by atoms with Crippen molar-refractivity contribution < 1.29 is 9.90 Å². The van der Waals surface area contributed by atoms with E-state index < -0.39 is 11.5 Å². The molecule has 0 radical (unpaired) electrons. The Bertz CT molecular complexity index is 295. The molecule has 4 heteroatoms. The molecular formula is C12H20N2O2. The number of likely N-dealkylation sites (tertiary alicyclic amines) is 1. The lowest BCUT2D eigenvalue weighted by atomic mass is 9.91. The van der Waals surface area contributed by atoms with Crippen LogP contribution in [0.5, 0.6) is 0 Å². The van der Waals surface area contributed by atoms with Crippen molar-refractivity contribution in [3.05, 3.63) is 0 Å². The Kier molecular flexibility index (Phi) is 3.93. The maximum Gasteiger partial charge on any atom is 0.240 e. The number of carbonyl (C=O) groups is 1. The Hall–Kier alpha value is -1.08. The van der Waals surface area contributed by atoms with E-state index >= 15 is 0 Å². The van der Waals surface area contributed by atoms with Crippen LogP contribution in [0, 0.1) is 23.2 Å². The third kappa shape index (κ3) is 2.96. The summed E-state index contributed by atoms with van der Waals surface area (Å²) in [4.78, 5) is 13.7. The molecular weight excluding hydrogens is 204 g/mol. The highest BCUT2D eigenvalue weighted by Crippen LogP contribution is 2.23. The summed E-state index contributed by atoms with van der Waals surface area (Å²) in [5, 5.41) is 18.7. The first-order valence-corrected chi connectivity index (χ1v) is 5.78. The fourth-order valence-electron chi connectivity index (χ4n) is 1.89. The Balaban J connectivity index is 2.60. The molecule has 0 aliphatic carbocycles. The van der Waals surface area contributed by atoms with Crippen LogP contribution in [-0.4, -0.2) is 34.6 Å². The zero-order chi connectivity index (χ0) is 12.3. The molecule has 1 aliphatic rings. The Morgan fingerprint density at radius 3 is 2.31 bits per heavy atom. The zero-order valence-electron chi connectivity index (χ0n) is 10.2. The van der Waals surface area contributed by atoms with E-state index in [-0.39, 0.29) is 11.8 Å². The van der Waals surface area contributed by atoms with Gasteiger partial charge < -0.3 is 10.0 Å². The predicted molar refractivity (Wildman–Crippen MR) is 60.4 cm³/mol. The minimum Gasteiger partial charge on any atom is -0.390 e. The molecule has 1 atom stereocenters. The first kappa shape index (κ1) is 13.0. The molecule has 0 spiro atoms. The highest BCUT2D eigenvalue weighted by Gasteiger charge is 2.33. The molecule has 1 saturated heterocycles. The summed E-state index contributed by atoms with van der Waals surface area (Å²) in [7, 11) is 0. The Morgan fingerprint density at radius 1 is 1.44 bits per heavy atom. The van der Waals surface area contributed by atoms with Gasteiger partial charge in [0.05, 0.1) is 11.7 Å². The fraction of sp³-hybridized carbons (Fsp3) is 0.833. The van der Waals surface area contributed by atoms with Crippen LogP contribution in [0.1, 0.15) is 33.6 Å². The van der Waals surface area contributed by atoms with Crippen molar-refractivity contribution in [2.75, 3.05) is 13.1 Å². The Labute approximate surface area is 96.9 Å². The van der Waals surface area contributed by atoms with E-state index in [9.17, 15) is 9.90 Å². The summed E-state index contributed by atoms with van der Waals surface area (Å²) in [6.45, 7) is 6.66. The second kappa shape index (κ2) is 4.84. The lowest BCUT2D eigenvalue weighted by Crippen LogP contribution is -2.47. The fourth-order valence-corrected chi connectivity index (χ4v) is 1.89. The normalized spacial score (nSPS) is 21.6. The molecule has 1 amide bonds. The van der Waals surface area contributed by atoms with Crippen LogP contribution < -0.4 is 0 Å². The first-order chi connectivity index (χ1) is 7.37. The standard InChI is InChI=1S/C12H20N2O2/c1-9(2)10(8-13)11(15)14-6-4-12(3,16)5-7-14/h9-10,16H,4-7H2,1-3H3. The van der Waals surface area contributed by atoms with Gasteiger partial charge in [-0.15, -0.1) is 0 Å². The van der Waals surface area contributed by atoms with Crippen LogP contribution in [0.2, 0.25) is 0 Å². The average Bonchev–Trinajstić information content (AvgIpc) is 2.17. The summed E-state index contributed by atoms with van der Waals surface area (Å²) in [5.74, 6) is -0.601. The molecule has 16 heavy (non-hydrogen) atoms. The van der Waals surface area contributed by atoms with Gasteiger partial charge in [0, 0.05) is 13.1 Å². The van der Waals surface area contributed by atoms with Gasteiger partial charge in [-0.3, -0.25) is 4.79 Å². The van der Waals surface area contributed by atoms with Gasteiger partial charge in [-0.05, 0) is 25.7 Å². The molecule has 0 aromatic rings. The zero-order valence-corrected chi connectivity index (χ0v) is 10.2.